The van der Waals surface area contributed by atoms with Crippen LogP contribution in [-0.4, -0.2) is 30.9 Å². The zero-order chi connectivity index (χ0) is 15.3. The van der Waals surface area contributed by atoms with Gasteiger partial charge in [-0.3, -0.25) is 5.32 Å². The van der Waals surface area contributed by atoms with E-state index in [9.17, 15) is 4.79 Å². The molecule has 0 aromatic heterocycles. The van der Waals surface area contributed by atoms with Gasteiger partial charge < -0.3 is 14.8 Å². The van der Waals surface area contributed by atoms with E-state index < -0.39 is 11.7 Å². The average Bonchev–Trinajstić information content (AvgIpc) is 2.40. The molecule has 2 rings (SSSR count). The minimum absolute atomic E-state index is 0.139. The molecule has 0 spiro atoms. The van der Waals surface area contributed by atoms with Crippen molar-refractivity contribution in [3.8, 4) is 5.75 Å². The Morgan fingerprint density at radius 3 is 2.76 bits per heavy atom. The van der Waals surface area contributed by atoms with Crippen LogP contribution in [0.15, 0.2) is 24.3 Å². The molecule has 1 saturated heterocycles. The van der Waals surface area contributed by atoms with E-state index in [1.165, 1.54) is 0 Å². The molecule has 5 nitrogen and oxygen atoms in total. The zero-order valence-corrected chi connectivity index (χ0v) is 12.9. The molecule has 1 aromatic rings. The van der Waals surface area contributed by atoms with Crippen LogP contribution in [0.25, 0.3) is 0 Å². The third kappa shape index (κ3) is 5.27. The van der Waals surface area contributed by atoms with Crippen LogP contribution < -0.4 is 15.4 Å². The van der Waals surface area contributed by atoms with Gasteiger partial charge in [0.2, 0.25) is 0 Å². The molecule has 116 valence electrons. The number of piperidine rings is 1. The molecule has 1 heterocycles. The number of hydrogen-bond donors (Lipinski definition) is 2. The summed E-state index contributed by atoms with van der Waals surface area (Å²) in [5.41, 5.74) is 0.116. The number of nitrogens with one attached hydrogen (secondary N) is 2. The van der Waals surface area contributed by atoms with E-state index in [0.29, 0.717) is 11.4 Å². The van der Waals surface area contributed by atoms with Crippen LogP contribution in [0, 0.1) is 0 Å². The number of amides is 1. The zero-order valence-electron chi connectivity index (χ0n) is 12.9. The first-order valence-electron chi connectivity index (χ1n) is 7.40. The SMILES string of the molecule is CC(C)(C)OC(=O)Nc1ccccc1OC1CCCNC1. The number of anilines is 1. The Labute approximate surface area is 126 Å². The highest BCUT2D eigenvalue weighted by atomic mass is 16.6. The average molecular weight is 292 g/mol. The van der Waals surface area contributed by atoms with Gasteiger partial charge in [0.05, 0.1) is 5.69 Å². The van der Waals surface area contributed by atoms with Crippen molar-refractivity contribution in [2.24, 2.45) is 0 Å². The Morgan fingerprint density at radius 1 is 1.33 bits per heavy atom. The summed E-state index contributed by atoms with van der Waals surface area (Å²) in [5, 5.41) is 6.06. The monoisotopic (exact) mass is 292 g/mol. The molecule has 0 radical (unpaired) electrons. The van der Waals surface area contributed by atoms with E-state index in [1.54, 1.807) is 0 Å². The summed E-state index contributed by atoms with van der Waals surface area (Å²) in [6.45, 7) is 7.38. The van der Waals surface area contributed by atoms with Gasteiger partial charge in [0.15, 0.2) is 0 Å². The van der Waals surface area contributed by atoms with Gasteiger partial charge in [-0.05, 0) is 52.3 Å². The number of para-hydroxylation sites is 2. The Hall–Kier alpha value is -1.75. The third-order valence-electron chi connectivity index (χ3n) is 3.07. The summed E-state index contributed by atoms with van der Waals surface area (Å²) < 4.78 is 11.3. The van der Waals surface area contributed by atoms with Crippen LogP contribution in [0.3, 0.4) is 0 Å². The maximum atomic E-state index is 11.9. The van der Waals surface area contributed by atoms with Crippen molar-refractivity contribution in [1.29, 1.82) is 0 Å². The van der Waals surface area contributed by atoms with Crippen molar-refractivity contribution in [3.63, 3.8) is 0 Å². The van der Waals surface area contributed by atoms with Crippen LogP contribution in [0.5, 0.6) is 5.75 Å². The van der Waals surface area contributed by atoms with Gasteiger partial charge in [-0.2, -0.15) is 0 Å². The standard InChI is InChI=1S/C16H24N2O3/c1-16(2,3)21-15(19)18-13-8-4-5-9-14(13)20-12-7-6-10-17-11-12/h4-5,8-9,12,17H,6-7,10-11H2,1-3H3,(H,18,19). The van der Waals surface area contributed by atoms with Crippen LogP contribution in [0.4, 0.5) is 10.5 Å². The maximum absolute atomic E-state index is 11.9. The lowest BCUT2D eigenvalue weighted by molar-refractivity contribution is 0.0634. The fraction of sp³-hybridized carbons (Fsp3) is 0.562. The topological polar surface area (TPSA) is 59.6 Å². The number of carbonyl (C=O) groups excluding carboxylic acids is 1. The number of benzene rings is 1. The number of rotatable bonds is 3. The number of hydrogen-bond acceptors (Lipinski definition) is 4. The van der Waals surface area contributed by atoms with E-state index in [0.717, 1.165) is 25.9 Å². The van der Waals surface area contributed by atoms with Gasteiger partial charge in [-0.25, -0.2) is 4.79 Å². The molecule has 1 aliphatic rings. The molecule has 1 unspecified atom stereocenters. The van der Waals surface area contributed by atoms with Crippen LogP contribution in [0.1, 0.15) is 33.6 Å². The number of ether oxygens (including phenoxy) is 2. The Kier molecular flexibility index (Phi) is 5.07. The first-order valence-corrected chi connectivity index (χ1v) is 7.40. The fourth-order valence-corrected chi connectivity index (χ4v) is 2.19. The van der Waals surface area contributed by atoms with Gasteiger partial charge in [0.25, 0.3) is 0 Å². The Morgan fingerprint density at radius 2 is 2.10 bits per heavy atom. The summed E-state index contributed by atoms with van der Waals surface area (Å²) >= 11 is 0. The smallest absolute Gasteiger partial charge is 0.412 e. The lowest BCUT2D eigenvalue weighted by Crippen LogP contribution is -2.37. The summed E-state index contributed by atoms with van der Waals surface area (Å²) in [7, 11) is 0. The highest BCUT2D eigenvalue weighted by molar-refractivity contribution is 5.86. The molecule has 0 aliphatic carbocycles. The quantitative estimate of drug-likeness (QED) is 0.898. The molecule has 0 saturated carbocycles. The molecule has 5 heteroatoms. The fourth-order valence-electron chi connectivity index (χ4n) is 2.19. The lowest BCUT2D eigenvalue weighted by atomic mass is 10.1. The number of carbonyl (C=O) groups is 1. The first-order chi connectivity index (χ1) is 9.94. The van der Waals surface area contributed by atoms with Gasteiger partial charge >= 0.3 is 6.09 Å². The molecule has 2 N–H and O–H groups in total. The molecule has 0 bridgehead atoms. The van der Waals surface area contributed by atoms with Crippen LogP contribution in [-0.2, 0) is 4.74 Å². The minimum Gasteiger partial charge on any atom is -0.487 e. The summed E-state index contributed by atoms with van der Waals surface area (Å²) in [6, 6.07) is 7.43. The van der Waals surface area contributed by atoms with Gasteiger partial charge in [0, 0.05) is 6.54 Å². The van der Waals surface area contributed by atoms with Crippen LogP contribution >= 0.6 is 0 Å². The highest BCUT2D eigenvalue weighted by Gasteiger charge is 2.19. The van der Waals surface area contributed by atoms with Gasteiger partial charge in [0.1, 0.15) is 17.5 Å². The molecule has 1 amide bonds. The highest BCUT2D eigenvalue weighted by Crippen LogP contribution is 2.26. The maximum Gasteiger partial charge on any atom is 0.412 e. The first kappa shape index (κ1) is 15.6. The molecule has 21 heavy (non-hydrogen) atoms. The van der Waals surface area contributed by atoms with E-state index in [-0.39, 0.29) is 6.10 Å². The predicted octanol–water partition coefficient (Wildman–Crippen LogP) is 3.16. The van der Waals surface area contributed by atoms with Crippen molar-refractivity contribution in [1.82, 2.24) is 5.32 Å². The Balaban J connectivity index is 2.00. The molecule has 1 fully saturated rings. The van der Waals surface area contributed by atoms with Crippen molar-refractivity contribution in [3.05, 3.63) is 24.3 Å². The second kappa shape index (κ2) is 6.80. The molecule has 1 atom stereocenters. The normalized spacial score (nSPS) is 18.9. The largest absolute Gasteiger partial charge is 0.487 e. The second-order valence-corrected chi connectivity index (χ2v) is 6.21. The predicted molar refractivity (Wildman–Crippen MR) is 82.8 cm³/mol. The summed E-state index contributed by atoms with van der Waals surface area (Å²) in [4.78, 5) is 11.9. The minimum atomic E-state index is -0.521. The molecular weight excluding hydrogens is 268 g/mol. The summed E-state index contributed by atoms with van der Waals surface area (Å²) in [6.07, 6.45) is 1.79. The van der Waals surface area contributed by atoms with Crippen molar-refractivity contribution in [2.75, 3.05) is 18.4 Å². The van der Waals surface area contributed by atoms with Crippen molar-refractivity contribution in [2.45, 2.75) is 45.3 Å². The lowest BCUT2D eigenvalue weighted by Gasteiger charge is -2.25. The second-order valence-electron chi connectivity index (χ2n) is 6.21. The van der Waals surface area contributed by atoms with E-state index in [4.69, 9.17) is 9.47 Å². The molecular formula is C16H24N2O3. The molecule has 1 aromatic carbocycles. The van der Waals surface area contributed by atoms with E-state index in [2.05, 4.69) is 10.6 Å². The van der Waals surface area contributed by atoms with Crippen molar-refractivity contribution >= 4 is 11.8 Å². The van der Waals surface area contributed by atoms with Crippen molar-refractivity contribution < 1.29 is 14.3 Å². The summed E-state index contributed by atoms with van der Waals surface area (Å²) in [5.74, 6) is 0.678. The van der Waals surface area contributed by atoms with Gasteiger partial charge in [-0.15, -0.1) is 0 Å². The van der Waals surface area contributed by atoms with E-state index in [1.807, 2.05) is 45.0 Å². The van der Waals surface area contributed by atoms with E-state index >= 15 is 0 Å². The van der Waals surface area contributed by atoms with Gasteiger partial charge in [-0.1, -0.05) is 12.1 Å². The van der Waals surface area contributed by atoms with Crippen LogP contribution in [0.2, 0.25) is 0 Å². The molecule has 1 aliphatic heterocycles. The Bertz CT molecular complexity index is 477. The third-order valence-corrected chi connectivity index (χ3v) is 3.07.